The van der Waals surface area contributed by atoms with E-state index < -0.39 is 6.04 Å². The van der Waals surface area contributed by atoms with Gasteiger partial charge in [-0.15, -0.1) is 0 Å². The van der Waals surface area contributed by atoms with Gasteiger partial charge in [0.25, 0.3) is 0 Å². The minimum absolute atomic E-state index is 0.112. The zero-order valence-corrected chi connectivity index (χ0v) is 14.1. The predicted molar refractivity (Wildman–Crippen MR) is 92.2 cm³/mol. The third kappa shape index (κ3) is 3.94. The van der Waals surface area contributed by atoms with Crippen molar-refractivity contribution in [3.05, 3.63) is 35.9 Å². The second-order valence-electron chi connectivity index (χ2n) is 6.75. The Morgan fingerprint density at radius 3 is 2.21 bits per heavy atom. The highest BCUT2D eigenvalue weighted by atomic mass is 16.2. The molecule has 0 aromatic heterocycles. The molecule has 130 valence electrons. The first-order valence-electron chi connectivity index (χ1n) is 8.69. The number of hydrogen-bond acceptors (Lipinski definition) is 4. The Morgan fingerprint density at radius 2 is 1.67 bits per heavy atom. The summed E-state index contributed by atoms with van der Waals surface area (Å²) in [4.78, 5) is 28.4. The first-order valence-corrected chi connectivity index (χ1v) is 8.69. The van der Waals surface area contributed by atoms with Gasteiger partial charge >= 0.3 is 0 Å². The van der Waals surface area contributed by atoms with Gasteiger partial charge in [0.15, 0.2) is 0 Å². The van der Waals surface area contributed by atoms with E-state index in [0.29, 0.717) is 6.04 Å². The molecule has 1 heterocycles. The Bertz CT molecular complexity index is 580. The molecule has 1 saturated heterocycles. The monoisotopic (exact) mass is 330 g/mol. The third-order valence-corrected chi connectivity index (χ3v) is 4.95. The van der Waals surface area contributed by atoms with E-state index in [0.717, 1.165) is 44.6 Å². The molecule has 1 aliphatic heterocycles. The molecular weight excluding hydrogens is 304 g/mol. The van der Waals surface area contributed by atoms with Gasteiger partial charge in [-0.05, 0) is 25.3 Å². The Hall–Kier alpha value is -1.92. The molecule has 1 aromatic rings. The smallest absolute Gasteiger partial charge is 0.239 e. The molecule has 2 fully saturated rings. The van der Waals surface area contributed by atoms with Crippen molar-refractivity contribution in [1.82, 2.24) is 15.1 Å². The van der Waals surface area contributed by atoms with Crippen LogP contribution in [0.4, 0.5) is 0 Å². The summed E-state index contributed by atoms with van der Waals surface area (Å²) in [6.45, 7) is 4.93. The van der Waals surface area contributed by atoms with Crippen molar-refractivity contribution in [1.29, 1.82) is 0 Å². The van der Waals surface area contributed by atoms with Crippen LogP contribution >= 0.6 is 0 Å². The number of benzene rings is 1. The van der Waals surface area contributed by atoms with Gasteiger partial charge in [-0.25, -0.2) is 0 Å². The van der Waals surface area contributed by atoms with E-state index in [1.54, 1.807) is 0 Å². The average Bonchev–Trinajstić information content (AvgIpc) is 3.39. The van der Waals surface area contributed by atoms with Crippen molar-refractivity contribution in [3.63, 3.8) is 0 Å². The van der Waals surface area contributed by atoms with Gasteiger partial charge in [-0.1, -0.05) is 30.3 Å². The van der Waals surface area contributed by atoms with Crippen molar-refractivity contribution in [3.8, 4) is 0 Å². The highest BCUT2D eigenvalue weighted by molar-refractivity contribution is 5.82. The molecule has 2 unspecified atom stereocenters. The number of hydrogen-bond donors (Lipinski definition) is 2. The van der Waals surface area contributed by atoms with Gasteiger partial charge in [0.2, 0.25) is 11.8 Å². The van der Waals surface area contributed by atoms with Crippen LogP contribution in [0, 0.1) is 0 Å². The van der Waals surface area contributed by atoms with Crippen LogP contribution in [0.15, 0.2) is 30.3 Å². The second kappa shape index (κ2) is 7.32. The Labute approximate surface area is 143 Å². The van der Waals surface area contributed by atoms with Crippen LogP contribution in [0.25, 0.3) is 0 Å². The molecule has 6 heteroatoms. The number of amides is 2. The maximum atomic E-state index is 12.2. The maximum Gasteiger partial charge on any atom is 0.239 e. The molecule has 24 heavy (non-hydrogen) atoms. The van der Waals surface area contributed by atoms with E-state index >= 15 is 0 Å². The van der Waals surface area contributed by atoms with Crippen LogP contribution in [0.1, 0.15) is 31.4 Å². The van der Waals surface area contributed by atoms with Crippen molar-refractivity contribution >= 4 is 11.8 Å². The number of carbonyl (C=O) groups excluding carboxylic acids is 2. The second-order valence-corrected chi connectivity index (χ2v) is 6.75. The number of piperazine rings is 1. The number of nitrogens with two attached hydrogens (primary N) is 1. The average molecular weight is 330 g/mol. The Morgan fingerprint density at radius 1 is 1.08 bits per heavy atom. The summed E-state index contributed by atoms with van der Waals surface area (Å²) in [6, 6.07) is 9.51. The molecule has 0 spiro atoms. The molecule has 1 saturated carbocycles. The van der Waals surface area contributed by atoms with E-state index in [1.807, 2.05) is 37.3 Å². The largest absolute Gasteiger partial charge is 0.368 e. The van der Waals surface area contributed by atoms with Gasteiger partial charge in [0, 0.05) is 32.2 Å². The number of nitrogens with one attached hydrogen (secondary N) is 1. The van der Waals surface area contributed by atoms with Crippen LogP contribution in [0.3, 0.4) is 0 Å². The van der Waals surface area contributed by atoms with Crippen LogP contribution in [-0.4, -0.2) is 59.9 Å². The summed E-state index contributed by atoms with van der Waals surface area (Å²) in [7, 11) is 0. The standard InChI is InChI=1S/C18H26N4O2/c1-13(18(24)20-15-7-8-15)21-9-11-22(12-10-21)16(17(19)23)14-5-3-2-4-6-14/h2-6,13,15-16H,7-12H2,1H3,(H2,19,23)(H,20,24). The summed E-state index contributed by atoms with van der Waals surface area (Å²) < 4.78 is 0. The predicted octanol–water partition coefficient (Wildman–Crippen LogP) is 0.498. The Kier molecular flexibility index (Phi) is 5.16. The lowest BCUT2D eigenvalue weighted by Crippen LogP contribution is -2.55. The minimum atomic E-state index is -0.399. The fraction of sp³-hybridized carbons (Fsp3) is 0.556. The van der Waals surface area contributed by atoms with Crippen LogP contribution in [0.2, 0.25) is 0 Å². The molecule has 0 bridgehead atoms. The van der Waals surface area contributed by atoms with E-state index in [2.05, 4.69) is 15.1 Å². The maximum absolute atomic E-state index is 12.2. The molecule has 3 N–H and O–H groups in total. The zero-order chi connectivity index (χ0) is 17.1. The molecule has 6 nitrogen and oxygen atoms in total. The first kappa shape index (κ1) is 16.9. The van der Waals surface area contributed by atoms with E-state index in [1.165, 1.54) is 0 Å². The molecular formula is C18H26N4O2. The SMILES string of the molecule is CC(C(=O)NC1CC1)N1CCN(C(C(N)=O)c2ccccc2)CC1. The van der Waals surface area contributed by atoms with E-state index in [-0.39, 0.29) is 17.9 Å². The van der Waals surface area contributed by atoms with Gasteiger partial charge < -0.3 is 11.1 Å². The van der Waals surface area contributed by atoms with Crippen molar-refractivity contribution in [2.75, 3.05) is 26.2 Å². The molecule has 1 aromatic carbocycles. The fourth-order valence-corrected chi connectivity index (χ4v) is 3.29. The molecule has 0 radical (unpaired) electrons. The summed E-state index contributed by atoms with van der Waals surface area (Å²) in [5, 5.41) is 3.06. The van der Waals surface area contributed by atoms with E-state index in [9.17, 15) is 9.59 Å². The van der Waals surface area contributed by atoms with Gasteiger partial charge in [0.1, 0.15) is 6.04 Å². The van der Waals surface area contributed by atoms with Crippen molar-refractivity contribution in [2.24, 2.45) is 5.73 Å². The molecule has 2 atom stereocenters. The van der Waals surface area contributed by atoms with Crippen molar-refractivity contribution < 1.29 is 9.59 Å². The number of nitrogens with zero attached hydrogens (tertiary/aromatic N) is 2. The highest BCUT2D eigenvalue weighted by Crippen LogP contribution is 2.23. The molecule has 2 amide bonds. The number of carbonyl (C=O) groups is 2. The summed E-state index contributed by atoms with van der Waals surface area (Å²) in [5.41, 5.74) is 6.57. The lowest BCUT2D eigenvalue weighted by atomic mass is 10.0. The van der Waals surface area contributed by atoms with Gasteiger partial charge in [-0.3, -0.25) is 19.4 Å². The summed E-state index contributed by atoms with van der Waals surface area (Å²) >= 11 is 0. The quantitative estimate of drug-likeness (QED) is 0.796. The zero-order valence-electron chi connectivity index (χ0n) is 14.1. The molecule has 2 aliphatic rings. The summed E-state index contributed by atoms with van der Waals surface area (Å²) in [5.74, 6) is -0.213. The highest BCUT2D eigenvalue weighted by Gasteiger charge is 2.33. The lowest BCUT2D eigenvalue weighted by Gasteiger charge is -2.40. The number of rotatable bonds is 6. The number of primary amides is 1. The van der Waals surface area contributed by atoms with Crippen LogP contribution in [-0.2, 0) is 9.59 Å². The first-order chi connectivity index (χ1) is 11.6. The van der Waals surface area contributed by atoms with Crippen LogP contribution in [0.5, 0.6) is 0 Å². The minimum Gasteiger partial charge on any atom is -0.368 e. The lowest BCUT2D eigenvalue weighted by molar-refractivity contribution is -0.129. The van der Waals surface area contributed by atoms with Gasteiger partial charge in [0.05, 0.1) is 6.04 Å². The topological polar surface area (TPSA) is 78.7 Å². The molecule has 1 aliphatic carbocycles. The Balaban J connectivity index is 1.58. The van der Waals surface area contributed by atoms with E-state index in [4.69, 9.17) is 5.73 Å². The fourth-order valence-electron chi connectivity index (χ4n) is 3.29. The van der Waals surface area contributed by atoms with Gasteiger partial charge in [-0.2, -0.15) is 0 Å². The van der Waals surface area contributed by atoms with Crippen molar-refractivity contribution in [2.45, 2.75) is 37.9 Å². The molecule has 3 rings (SSSR count). The third-order valence-electron chi connectivity index (χ3n) is 4.95. The normalized spacial score (nSPS) is 21.9. The van der Waals surface area contributed by atoms with Crippen LogP contribution < -0.4 is 11.1 Å². The summed E-state index contributed by atoms with van der Waals surface area (Å²) in [6.07, 6.45) is 2.20.